The molecule has 0 aromatic heterocycles. The largest absolute Gasteiger partial charge is 0.472 e. The lowest BCUT2D eigenvalue weighted by Gasteiger charge is -2.19. The van der Waals surface area contributed by atoms with Gasteiger partial charge in [-0.2, -0.15) is 0 Å². The molecule has 0 amide bonds. The van der Waals surface area contributed by atoms with E-state index in [2.05, 4.69) is 111 Å². The highest BCUT2D eigenvalue weighted by Gasteiger charge is 2.26. The highest BCUT2D eigenvalue weighted by Crippen LogP contribution is 2.43. The zero-order valence-corrected chi connectivity index (χ0v) is 46.3. The quantitative estimate of drug-likeness (QED) is 0.0264. The Bertz CT molecular complexity index is 1480. The van der Waals surface area contributed by atoms with Crippen molar-refractivity contribution in [1.82, 2.24) is 0 Å². The van der Waals surface area contributed by atoms with Gasteiger partial charge in [-0.3, -0.25) is 18.6 Å². The molecular formula is C61H106NO8P. The lowest BCUT2D eigenvalue weighted by atomic mass is 10.0. The van der Waals surface area contributed by atoms with Crippen LogP contribution in [0.15, 0.2) is 97.2 Å². The van der Waals surface area contributed by atoms with Crippen LogP contribution in [0.4, 0.5) is 0 Å². The highest BCUT2D eigenvalue weighted by atomic mass is 31.2. The topological polar surface area (TPSA) is 134 Å². The number of allylic oxidation sites excluding steroid dienone is 16. The summed E-state index contributed by atoms with van der Waals surface area (Å²) < 4.78 is 33.0. The molecule has 0 aliphatic heterocycles. The fourth-order valence-corrected chi connectivity index (χ4v) is 8.49. The first-order chi connectivity index (χ1) is 34.8. The number of carbonyl (C=O) groups excluding carboxylic acids is 2. The minimum Gasteiger partial charge on any atom is -0.462 e. The van der Waals surface area contributed by atoms with Crippen LogP contribution >= 0.6 is 7.82 Å². The molecule has 71 heavy (non-hydrogen) atoms. The van der Waals surface area contributed by atoms with Crippen LogP contribution in [0, 0.1) is 0 Å². The third-order valence-electron chi connectivity index (χ3n) is 12.0. The van der Waals surface area contributed by atoms with Crippen molar-refractivity contribution >= 4 is 19.8 Å². The second-order valence-electron chi connectivity index (χ2n) is 18.8. The van der Waals surface area contributed by atoms with E-state index >= 15 is 0 Å². The van der Waals surface area contributed by atoms with E-state index in [1.165, 1.54) is 116 Å². The molecule has 408 valence electrons. The van der Waals surface area contributed by atoms with Crippen molar-refractivity contribution in [3.63, 3.8) is 0 Å². The smallest absolute Gasteiger partial charge is 0.462 e. The normalized spacial score (nSPS) is 13.8. The van der Waals surface area contributed by atoms with Crippen molar-refractivity contribution in [2.24, 2.45) is 5.73 Å². The maximum absolute atomic E-state index is 12.7. The van der Waals surface area contributed by atoms with Crippen LogP contribution in [0.25, 0.3) is 0 Å². The van der Waals surface area contributed by atoms with Gasteiger partial charge in [0.05, 0.1) is 13.2 Å². The third-order valence-corrected chi connectivity index (χ3v) is 12.9. The Morgan fingerprint density at radius 2 is 0.775 bits per heavy atom. The summed E-state index contributed by atoms with van der Waals surface area (Å²) in [7, 11) is -4.39. The minimum atomic E-state index is -4.39. The molecule has 0 aliphatic carbocycles. The molecule has 0 fully saturated rings. The van der Waals surface area contributed by atoms with Gasteiger partial charge in [0.15, 0.2) is 6.10 Å². The second kappa shape index (κ2) is 56.2. The highest BCUT2D eigenvalue weighted by molar-refractivity contribution is 7.47. The molecule has 0 saturated carbocycles. The van der Waals surface area contributed by atoms with Crippen LogP contribution in [0.3, 0.4) is 0 Å². The average Bonchev–Trinajstić information content (AvgIpc) is 3.36. The lowest BCUT2D eigenvalue weighted by molar-refractivity contribution is -0.161. The van der Waals surface area contributed by atoms with Crippen LogP contribution in [0.5, 0.6) is 0 Å². The van der Waals surface area contributed by atoms with Crippen molar-refractivity contribution in [2.75, 3.05) is 26.4 Å². The SMILES string of the molecule is CC/C=C\C/C=C\C/C=C\C/C=C\C/C=C\C/C=C\CCCCCCCCCCCCCCC(=O)OC(COC(=O)CCCCCCCCCCC/C=C\C/C=C\CCCCC)COP(=O)(O)OCCN. The van der Waals surface area contributed by atoms with Crippen molar-refractivity contribution in [3.05, 3.63) is 97.2 Å². The van der Waals surface area contributed by atoms with Crippen LogP contribution in [0.1, 0.15) is 245 Å². The first-order valence-electron chi connectivity index (χ1n) is 28.7. The summed E-state index contributed by atoms with van der Waals surface area (Å²) in [6.45, 7) is 3.60. The van der Waals surface area contributed by atoms with Gasteiger partial charge in [-0.25, -0.2) is 4.57 Å². The standard InChI is InChI=1S/C61H106NO8P/c1-3-5-7-9-11-13-15-17-19-21-23-24-25-26-27-28-29-30-31-32-33-34-36-38-40-42-44-46-48-50-52-54-61(64)70-59(58-69-71(65,66)68-56-55-62)57-67-60(63)53-51-49-47-45-43-41-39-37-35-22-20-18-16-14-12-10-8-6-4-2/h5,7,11-14,17-20,23-24,26-27,29-30,59H,3-4,6,8-10,15-16,21-22,25,28,31-58,62H2,1-2H3,(H,65,66)/b7-5-,13-11-,14-12-,19-17-,20-18-,24-23-,27-26-,30-29-. The Kier molecular flexibility index (Phi) is 53.8. The summed E-state index contributed by atoms with van der Waals surface area (Å²) in [6, 6.07) is 0. The maximum atomic E-state index is 12.7. The van der Waals surface area contributed by atoms with Crippen LogP contribution in [-0.2, 0) is 32.7 Å². The molecule has 0 aliphatic rings. The number of phosphoric ester groups is 1. The number of carbonyl (C=O) groups is 2. The Hall–Kier alpha value is -3.07. The third kappa shape index (κ3) is 56.1. The van der Waals surface area contributed by atoms with E-state index in [1.807, 2.05) is 0 Å². The van der Waals surface area contributed by atoms with Gasteiger partial charge in [0.2, 0.25) is 0 Å². The molecule has 3 N–H and O–H groups in total. The molecule has 2 atom stereocenters. The number of unbranched alkanes of at least 4 members (excludes halogenated alkanes) is 24. The molecule has 9 nitrogen and oxygen atoms in total. The summed E-state index contributed by atoms with van der Waals surface area (Å²) in [5.41, 5.74) is 5.38. The van der Waals surface area contributed by atoms with Gasteiger partial charge in [-0.05, 0) is 96.3 Å². The zero-order valence-electron chi connectivity index (χ0n) is 45.4. The summed E-state index contributed by atoms with van der Waals surface area (Å²) in [6.07, 6.45) is 74.5. The zero-order chi connectivity index (χ0) is 51.7. The van der Waals surface area contributed by atoms with Crippen molar-refractivity contribution in [2.45, 2.75) is 251 Å². The molecule has 0 heterocycles. The van der Waals surface area contributed by atoms with Gasteiger partial charge >= 0.3 is 19.8 Å². The number of rotatable bonds is 53. The molecule has 0 aromatic carbocycles. The van der Waals surface area contributed by atoms with E-state index in [-0.39, 0.29) is 38.6 Å². The molecule has 2 unspecified atom stereocenters. The van der Waals surface area contributed by atoms with Gasteiger partial charge in [-0.1, -0.05) is 233 Å². The Morgan fingerprint density at radius 3 is 1.15 bits per heavy atom. The van der Waals surface area contributed by atoms with E-state index in [0.717, 1.165) is 96.3 Å². The number of ether oxygens (including phenoxy) is 2. The molecule has 0 saturated heterocycles. The lowest BCUT2D eigenvalue weighted by Crippen LogP contribution is -2.29. The first-order valence-corrected chi connectivity index (χ1v) is 30.2. The number of hydrogen-bond acceptors (Lipinski definition) is 8. The molecular weight excluding hydrogens is 906 g/mol. The predicted molar refractivity (Wildman–Crippen MR) is 302 cm³/mol. The van der Waals surface area contributed by atoms with Crippen molar-refractivity contribution < 1.29 is 37.6 Å². The van der Waals surface area contributed by atoms with Crippen molar-refractivity contribution in [3.8, 4) is 0 Å². The monoisotopic (exact) mass is 1010 g/mol. The van der Waals surface area contributed by atoms with Crippen LogP contribution in [-0.4, -0.2) is 49.3 Å². The second-order valence-corrected chi connectivity index (χ2v) is 20.2. The molecule has 0 spiro atoms. The maximum Gasteiger partial charge on any atom is 0.472 e. The number of hydrogen-bond donors (Lipinski definition) is 2. The fraction of sp³-hybridized carbons (Fsp3) is 0.705. The van der Waals surface area contributed by atoms with Gasteiger partial charge in [0.25, 0.3) is 0 Å². The number of phosphoric acid groups is 1. The van der Waals surface area contributed by atoms with Gasteiger partial charge in [-0.15, -0.1) is 0 Å². The molecule has 0 aromatic rings. The van der Waals surface area contributed by atoms with Gasteiger partial charge in [0, 0.05) is 19.4 Å². The van der Waals surface area contributed by atoms with Crippen molar-refractivity contribution in [1.29, 1.82) is 0 Å². The molecule has 0 rings (SSSR count). The predicted octanol–water partition coefficient (Wildman–Crippen LogP) is 18.1. The summed E-state index contributed by atoms with van der Waals surface area (Å²) in [4.78, 5) is 35.2. The van der Waals surface area contributed by atoms with Crippen LogP contribution < -0.4 is 5.73 Å². The minimum absolute atomic E-state index is 0.0488. The Labute approximate surface area is 436 Å². The fourth-order valence-electron chi connectivity index (χ4n) is 7.73. The van der Waals surface area contributed by atoms with E-state index in [0.29, 0.717) is 6.42 Å². The number of nitrogens with two attached hydrogens (primary N) is 1. The Balaban J connectivity index is 3.99. The first kappa shape index (κ1) is 67.9. The molecule has 0 radical (unpaired) electrons. The average molecular weight is 1010 g/mol. The van der Waals surface area contributed by atoms with Crippen LogP contribution in [0.2, 0.25) is 0 Å². The van der Waals surface area contributed by atoms with Gasteiger partial charge < -0.3 is 20.1 Å². The van der Waals surface area contributed by atoms with Gasteiger partial charge in [0.1, 0.15) is 6.61 Å². The summed E-state index contributed by atoms with van der Waals surface area (Å²) >= 11 is 0. The van der Waals surface area contributed by atoms with E-state index in [1.54, 1.807) is 0 Å². The molecule has 10 heteroatoms. The Morgan fingerprint density at radius 1 is 0.437 bits per heavy atom. The van der Waals surface area contributed by atoms with E-state index < -0.39 is 26.5 Å². The van der Waals surface area contributed by atoms with E-state index in [9.17, 15) is 19.0 Å². The van der Waals surface area contributed by atoms with E-state index in [4.69, 9.17) is 24.3 Å². The number of esters is 2. The summed E-state index contributed by atoms with van der Waals surface area (Å²) in [5, 5.41) is 0. The summed E-state index contributed by atoms with van der Waals surface area (Å²) in [5.74, 6) is -0.835. The molecule has 0 bridgehead atoms.